The third-order valence-corrected chi connectivity index (χ3v) is 6.04. The van der Waals surface area contributed by atoms with Crippen LogP contribution in [0.25, 0.3) is 10.9 Å². The zero-order valence-electron chi connectivity index (χ0n) is 15.5. The Morgan fingerprint density at radius 1 is 1.07 bits per heavy atom. The SMILES string of the molecule is NC1(c2ccnc3cc(Cl)ccc23)CCC(NCCc2ccccc2)CC1. The average Bonchev–Trinajstić information content (AvgIpc) is 2.70. The highest BCUT2D eigenvalue weighted by molar-refractivity contribution is 6.31. The third-order valence-electron chi connectivity index (χ3n) is 5.81. The van der Waals surface area contributed by atoms with Crippen LogP contribution in [0.3, 0.4) is 0 Å². The van der Waals surface area contributed by atoms with Crippen molar-refractivity contribution in [1.82, 2.24) is 10.3 Å². The molecule has 0 saturated heterocycles. The Kier molecular flexibility index (Phi) is 5.44. The number of rotatable bonds is 5. The van der Waals surface area contributed by atoms with E-state index in [1.54, 1.807) is 0 Å². The average molecular weight is 380 g/mol. The summed E-state index contributed by atoms with van der Waals surface area (Å²) in [5, 5.41) is 5.56. The smallest absolute Gasteiger partial charge is 0.0720 e. The predicted molar refractivity (Wildman–Crippen MR) is 113 cm³/mol. The zero-order chi connectivity index (χ0) is 18.7. The van der Waals surface area contributed by atoms with Crippen molar-refractivity contribution >= 4 is 22.5 Å². The summed E-state index contributed by atoms with van der Waals surface area (Å²) in [4.78, 5) is 4.46. The van der Waals surface area contributed by atoms with Gasteiger partial charge in [-0.3, -0.25) is 4.98 Å². The van der Waals surface area contributed by atoms with Gasteiger partial charge in [0, 0.05) is 28.2 Å². The van der Waals surface area contributed by atoms with E-state index in [1.807, 2.05) is 18.3 Å². The van der Waals surface area contributed by atoms with Crippen molar-refractivity contribution in [2.45, 2.75) is 43.7 Å². The van der Waals surface area contributed by atoms with Gasteiger partial charge in [-0.25, -0.2) is 0 Å². The molecule has 1 aromatic heterocycles. The molecule has 0 aliphatic heterocycles. The summed E-state index contributed by atoms with van der Waals surface area (Å²) in [7, 11) is 0. The van der Waals surface area contributed by atoms with E-state index in [-0.39, 0.29) is 5.54 Å². The van der Waals surface area contributed by atoms with Gasteiger partial charge in [-0.15, -0.1) is 0 Å². The molecular weight excluding hydrogens is 354 g/mol. The van der Waals surface area contributed by atoms with Crippen LogP contribution in [-0.4, -0.2) is 17.6 Å². The van der Waals surface area contributed by atoms with Crippen LogP contribution in [0.15, 0.2) is 60.8 Å². The maximum absolute atomic E-state index is 6.88. The lowest BCUT2D eigenvalue weighted by atomic mass is 9.74. The summed E-state index contributed by atoms with van der Waals surface area (Å²) < 4.78 is 0. The molecule has 4 heteroatoms. The minimum Gasteiger partial charge on any atom is -0.321 e. The van der Waals surface area contributed by atoms with Crippen LogP contribution in [-0.2, 0) is 12.0 Å². The Balaban J connectivity index is 1.39. The van der Waals surface area contributed by atoms with E-state index in [9.17, 15) is 0 Å². The largest absolute Gasteiger partial charge is 0.321 e. The number of nitrogens with two attached hydrogens (primary N) is 1. The second-order valence-electron chi connectivity index (χ2n) is 7.64. The number of benzene rings is 2. The van der Waals surface area contributed by atoms with E-state index in [4.69, 9.17) is 17.3 Å². The quantitative estimate of drug-likeness (QED) is 0.668. The number of halogens is 1. The van der Waals surface area contributed by atoms with E-state index < -0.39 is 0 Å². The molecule has 0 atom stereocenters. The summed E-state index contributed by atoms with van der Waals surface area (Å²) >= 11 is 6.12. The van der Waals surface area contributed by atoms with Gasteiger partial charge in [-0.05, 0) is 68.0 Å². The lowest BCUT2D eigenvalue weighted by Crippen LogP contribution is -2.45. The van der Waals surface area contributed by atoms with Crippen molar-refractivity contribution in [1.29, 1.82) is 0 Å². The number of hydrogen-bond acceptors (Lipinski definition) is 3. The predicted octanol–water partition coefficient (Wildman–Crippen LogP) is 4.82. The molecule has 0 amide bonds. The molecule has 27 heavy (non-hydrogen) atoms. The van der Waals surface area contributed by atoms with Gasteiger partial charge in [0.1, 0.15) is 0 Å². The molecule has 0 radical (unpaired) electrons. The Morgan fingerprint density at radius 3 is 2.63 bits per heavy atom. The van der Waals surface area contributed by atoms with Gasteiger partial charge in [0.05, 0.1) is 5.52 Å². The molecule has 0 spiro atoms. The van der Waals surface area contributed by atoms with E-state index >= 15 is 0 Å². The monoisotopic (exact) mass is 379 g/mol. The molecule has 1 aliphatic rings. The fourth-order valence-corrected chi connectivity index (χ4v) is 4.39. The van der Waals surface area contributed by atoms with Gasteiger partial charge in [0.2, 0.25) is 0 Å². The van der Waals surface area contributed by atoms with Gasteiger partial charge in [0.25, 0.3) is 0 Å². The van der Waals surface area contributed by atoms with Gasteiger partial charge in [-0.1, -0.05) is 48.0 Å². The fourth-order valence-electron chi connectivity index (χ4n) is 4.23. The Labute approximate surface area is 165 Å². The second kappa shape index (κ2) is 7.97. The van der Waals surface area contributed by atoms with Crippen molar-refractivity contribution in [3.05, 3.63) is 76.9 Å². The molecular formula is C23H26ClN3. The minimum atomic E-state index is -0.285. The topological polar surface area (TPSA) is 50.9 Å². The Morgan fingerprint density at radius 2 is 1.85 bits per heavy atom. The van der Waals surface area contributed by atoms with Gasteiger partial charge in [-0.2, -0.15) is 0 Å². The van der Waals surface area contributed by atoms with Crippen molar-refractivity contribution in [2.75, 3.05) is 6.54 Å². The number of fused-ring (bicyclic) bond motifs is 1. The molecule has 1 fully saturated rings. The summed E-state index contributed by atoms with van der Waals surface area (Å²) in [5.41, 5.74) is 10.1. The number of aromatic nitrogens is 1. The highest BCUT2D eigenvalue weighted by Gasteiger charge is 2.34. The highest BCUT2D eigenvalue weighted by atomic mass is 35.5. The van der Waals surface area contributed by atoms with Crippen LogP contribution in [0, 0.1) is 0 Å². The Bertz CT molecular complexity index is 902. The molecule has 140 valence electrons. The maximum Gasteiger partial charge on any atom is 0.0720 e. The van der Waals surface area contributed by atoms with Crippen LogP contribution in [0.4, 0.5) is 0 Å². The van der Waals surface area contributed by atoms with Gasteiger partial charge in [0.15, 0.2) is 0 Å². The normalized spacial score (nSPS) is 22.8. The Hall–Kier alpha value is -1.94. The van der Waals surface area contributed by atoms with Crippen molar-refractivity contribution in [3.8, 4) is 0 Å². The molecule has 1 saturated carbocycles. The number of nitrogens with one attached hydrogen (secondary N) is 1. The third kappa shape index (κ3) is 4.16. The molecule has 4 rings (SSSR count). The van der Waals surface area contributed by atoms with E-state index in [1.165, 1.54) is 11.1 Å². The molecule has 3 N–H and O–H groups in total. The second-order valence-corrected chi connectivity index (χ2v) is 8.08. The first-order valence-corrected chi connectivity index (χ1v) is 10.1. The summed E-state index contributed by atoms with van der Waals surface area (Å²) in [6.45, 7) is 1.02. The highest BCUT2D eigenvalue weighted by Crippen LogP contribution is 2.38. The lowest BCUT2D eigenvalue weighted by Gasteiger charge is -2.38. The van der Waals surface area contributed by atoms with Crippen LogP contribution >= 0.6 is 11.6 Å². The summed E-state index contributed by atoms with van der Waals surface area (Å²) in [5.74, 6) is 0. The van der Waals surface area contributed by atoms with Gasteiger partial charge >= 0.3 is 0 Å². The first-order valence-electron chi connectivity index (χ1n) is 9.75. The zero-order valence-corrected chi connectivity index (χ0v) is 16.3. The van der Waals surface area contributed by atoms with Crippen LogP contribution < -0.4 is 11.1 Å². The molecule has 1 heterocycles. The number of nitrogens with zero attached hydrogens (tertiary/aromatic N) is 1. The molecule has 3 aromatic rings. The fraction of sp³-hybridized carbons (Fsp3) is 0.348. The number of pyridine rings is 1. The first kappa shape index (κ1) is 18.4. The van der Waals surface area contributed by atoms with Crippen LogP contribution in [0.5, 0.6) is 0 Å². The van der Waals surface area contributed by atoms with E-state index in [2.05, 4.69) is 52.8 Å². The van der Waals surface area contributed by atoms with Crippen molar-refractivity contribution in [2.24, 2.45) is 5.73 Å². The molecule has 0 unspecified atom stereocenters. The van der Waals surface area contributed by atoms with Crippen molar-refractivity contribution in [3.63, 3.8) is 0 Å². The molecule has 1 aliphatic carbocycles. The molecule has 3 nitrogen and oxygen atoms in total. The van der Waals surface area contributed by atoms with E-state index in [0.717, 1.165) is 49.6 Å². The summed E-state index contributed by atoms with van der Waals surface area (Å²) in [6.07, 6.45) is 7.09. The minimum absolute atomic E-state index is 0.285. The van der Waals surface area contributed by atoms with Crippen LogP contribution in [0.1, 0.15) is 36.8 Å². The standard InChI is InChI=1S/C23H26ClN3/c24-18-6-7-20-21(11-15-27-22(20)16-18)23(25)12-8-19(9-13-23)26-14-10-17-4-2-1-3-5-17/h1-7,11,15-16,19,26H,8-10,12-14,25H2. The summed E-state index contributed by atoms with van der Waals surface area (Å²) in [6, 6.07) is 19.2. The first-order chi connectivity index (χ1) is 13.1. The van der Waals surface area contributed by atoms with Crippen LogP contribution in [0.2, 0.25) is 5.02 Å². The van der Waals surface area contributed by atoms with Crippen molar-refractivity contribution < 1.29 is 0 Å². The van der Waals surface area contributed by atoms with Gasteiger partial charge < -0.3 is 11.1 Å². The lowest BCUT2D eigenvalue weighted by molar-refractivity contribution is 0.254. The maximum atomic E-state index is 6.88. The number of hydrogen-bond donors (Lipinski definition) is 2. The van der Waals surface area contributed by atoms with E-state index in [0.29, 0.717) is 11.1 Å². The molecule has 2 aromatic carbocycles. The molecule has 0 bridgehead atoms.